The highest BCUT2D eigenvalue weighted by atomic mass is 79.9. The van der Waals surface area contributed by atoms with E-state index in [0.29, 0.717) is 33.0 Å². The van der Waals surface area contributed by atoms with Crippen molar-refractivity contribution in [3.8, 4) is 0 Å². The molecule has 2 rings (SSSR count). The van der Waals surface area contributed by atoms with Crippen LogP contribution in [-0.2, 0) is 19.0 Å². The summed E-state index contributed by atoms with van der Waals surface area (Å²) < 4.78 is 15.7. The third kappa shape index (κ3) is 2.90. The zero-order valence-corrected chi connectivity index (χ0v) is 9.86. The second kappa shape index (κ2) is 5.25. The molecule has 2 heterocycles. The first kappa shape index (κ1) is 11.3. The van der Waals surface area contributed by atoms with Crippen LogP contribution in [0.5, 0.6) is 0 Å². The summed E-state index contributed by atoms with van der Waals surface area (Å²) in [5.41, 5.74) is 0. The average Bonchev–Trinajstić information content (AvgIpc) is 2.66. The van der Waals surface area contributed by atoms with Gasteiger partial charge in [-0.1, -0.05) is 15.9 Å². The van der Waals surface area contributed by atoms with Gasteiger partial charge < -0.3 is 19.5 Å². The Hall–Kier alpha value is -0.170. The van der Waals surface area contributed by atoms with Gasteiger partial charge in [0.15, 0.2) is 6.10 Å². The van der Waals surface area contributed by atoms with Crippen LogP contribution < -0.4 is 5.32 Å². The molecule has 2 aliphatic rings. The van der Waals surface area contributed by atoms with Crippen molar-refractivity contribution in [2.45, 2.75) is 17.0 Å². The molecule has 0 bridgehead atoms. The Bertz CT molecular complexity index is 232. The number of ether oxygens (including phenoxy) is 3. The molecule has 1 amide bonds. The minimum absolute atomic E-state index is 0.0306. The van der Waals surface area contributed by atoms with Crippen LogP contribution in [0.2, 0.25) is 0 Å². The van der Waals surface area contributed by atoms with Gasteiger partial charge in [-0.15, -0.1) is 0 Å². The number of hydrogen-bond donors (Lipinski definition) is 1. The number of carbonyl (C=O) groups is 1. The molecule has 1 N–H and O–H groups in total. The van der Waals surface area contributed by atoms with Crippen LogP contribution in [-0.4, -0.2) is 55.9 Å². The molecule has 3 atom stereocenters. The number of nitrogens with one attached hydrogen (secondary N) is 1. The van der Waals surface area contributed by atoms with Crippen molar-refractivity contribution in [1.29, 1.82) is 0 Å². The Morgan fingerprint density at radius 1 is 1.20 bits per heavy atom. The van der Waals surface area contributed by atoms with E-state index in [-0.39, 0.29) is 16.8 Å². The zero-order chi connectivity index (χ0) is 10.7. The first-order valence-electron chi connectivity index (χ1n) is 4.99. The van der Waals surface area contributed by atoms with E-state index < -0.39 is 6.10 Å². The van der Waals surface area contributed by atoms with Crippen LogP contribution in [0.3, 0.4) is 0 Å². The molecule has 0 saturated carbocycles. The van der Waals surface area contributed by atoms with E-state index in [1.807, 2.05) is 0 Å². The molecule has 0 radical (unpaired) electrons. The lowest BCUT2D eigenvalue weighted by molar-refractivity contribution is -0.148. The molecule has 2 aliphatic heterocycles. The van der Waals surface area contributed by atoms with Gasteiger partial charge in [-0.2, -0.15) is 0 Å². The Balaban J connectivity index is 1.80. The number of hydrogen-bond acceptors (Lipinski definition) is 4. The Labute approximate surface area is 96.6 Å². The summed E-state index contributed by atoms with van der Waals surface area (Å²) in [5, 5.41) is 2.88. The Kier molecular flexibility index (Phi) is 3.96. The van der Waals surface area contributed by atoms with Crippen LogP contribution >= 0.6 is 15.9 Å². The zero-order valence-electron chi connectivity index (χ0n) is 8.28. The fourth-order valence-electron chi connectivity index (χ4n) is 1.58. The molecule has 2 saturated heterocycles. The summed E-state index contributed by atoms with van der Waals surface area (Å²) in [5.74, 6) is -0.116. The minimum atomic E-state index is -0.473. The summed E-state index contributed by atoms with van der Waals surface area (Å²) in [4.78, 5) is 11.9. The standard InChI is InChI=1S/C9H14BrNO4/c10-6-3-14-4-7(6)11-9(12)8-5-13-1-2-15-8/h6-8H,1-5H2,(H,11,12). The largest absolute Gasteiger partial charge is 0.378 e. The van der Waals surface area contributed by atoms with E-state index in [0.717, 1.165) is 0 Å². The smallest absolute Gasteiger partial charge is 0.251 e. The van der Waals surface area contributed by atoms with Crippen molar-refractivity contribution >= 4 is 21.8 Å². The van der Waals surface area contributed by atoms with Crippen molar-refractivity contribution in [1.82, 2.24) is 5.32 Å². The highest BCUT2D eigenvalue weighted by Gasteiger charge is 2.30. The van der Waals surface area contributed by atoms with Crippen molar-refractivity contribution < 1.29 is 19.0 Å². The molecule has 86 valence electrons. The fraction of sp³-hybridized carbons (Fsp3) is 0.889. The first-order chi connectivity index (χ1) is 7.27. The first-order valence-corrected chi connectivity index (χ1v) is 5.90. The van der Waals surface area contributed by atoms with Gasteiger partial charge in [-0.05, 0) is 0 Å². The van der Waals surface area contributed by atoms with E-state index in [1.165, 1.54) is 0 Å². The number of alkyl halides is 1. The molecule has 15 heavy (non-hydrogen) atoms. The highest BCUT2D eigenvalue weighted by Crippen LogP contribution is 2.14. The lowest BCUT2D eigenvalue weighted by Gasteiger charge is -2.24. The molecule has 0 aromatic rings. The van der Waals surface area contributed by atoms with Gasteiger partial charge in [0.1, 0.15) is 0 Å². The molecular formula is C9H14BrNO4. The number of carbonyl (C=O) groups excluding carboxylic acids is 1. The Morgan fingerprint density at radius 3 is 2.67 bits per heavy atom. The summed E-state index contributed by atoms with van der Waals surface area (Å²) >= 11 is 3.45. The minimum Gasteiger partial charge on any atom is -0.378 e. The average molecular weight is 280 g/mol. The molecule has 6 heteroatoms. The van der Waals surface area contributed by atoms with E-state index >= 15 is 0 Å². The van der Waals surface area contributed by atoms with Gasteiger partial charge in [-0.25, -0.2) is 0 Å². The lowest BCUT2D eigenvalue weighted by atomic mass is 10.2. The Morgan fingerprint density at radius 2 is 2.07 bits per heavy atom. The predicted molar refractivity (Wildman–Crippen MR) is 56.0 cm³/mol. The highest BCUT2D eigenvalue weighted by molar-refractivity contribution is 9.09. The van der Waals surface area contributed by atoms with E-state index in [9.17, 15) is 4.79 Å². The molecule has 0 aromatic carbocycles. The SMILES string of the molecule is O=C(NC1COCC1Br)C1COCCO1. The van der Waals surface area contributed by atoms with Crippen molar-refractivity contribution in [3.63, 3.8) is 0 Å². The van der Waals surface area contributed by atoms with Crippen LogP contribution in [0.15, 0.2) is 0 Å². The van der Waals surface area contributed by atoms with Gasteiger partial charge in [0.05, 0.1) is 43.9 Å². The van der Waals surface area contributed by atoms with Crippen LogP contribution in [0, 0.1) is 0 Å². The number of halogens is 1. The van der Waals surface area contributed by atoms with E-state index in [4.69, 9.17) is 14.2 Å². The molecular weight excluding hydrogens is 266 g/mol. The van der Waals surface area contributed by atoms with Gasteiger partial charge in [-0.3, -0.25) is 4.79 Å². The summed E-state index contributed by atoms with van der Waals surface area (Å²) in [7, 11) is 0. The summed E-state index contributed by atoms with van der Waals surface area (Å²) in [6.45, 7) is 2.57. The topological polar surface area (TPSA) is 56.8 Å². The van der Waals surface area contributed by atoms with Gasteiger partial charge in [0, 0.05) is 0 Å². The van der Waals surface area contributed by atoms with E-state index in [1.54, 1.807) is 0 Å². The molecule has 0 aromatic heterocycles. The fourth-order valence-corrected chi connectivity index (χ4v) is 2.05. The van der Waals surface area contributed by atoms with Crippen LogP contribution in [0.1, 0.15) is 0 Å². The predicted octanol–water partition coefficient (Wildman–Crippen LogP) is -0.320. The molecule has 0 aliphatic carbocycles. The van der Waals surface area contributed by atoms with Gasteiger partial charge in [0.25, 0.3) is 5.91 Å². The monoisotopic (exact) mass is 279 g/mol. The third-order valence-corrected chi connectivity index (χ3v) is 3.35. The normalized spacial score (nSPS) is 36.5. The van der Waals surface area contributed by atoms with Crippen molar-refractivity contribution in [2.24, 2.45) is 0 Å². The summed E-state index contributed by atoms with van der Waals surface area (Å²) in [6, 6.07) is 0.0306. The molecule has 0 spiro atoms. The van der Waals surface area contributed by atoms with Crippen molar-refractivity contribution in [3.05, 3.63) is 0 Å². The summed E-state index contributed by atoms with van der Waals surface area (Å²) in [6.07, 6.45) is -0.473. The maximum atomic E-state index is 11.7. The van der Waals surface area contributed by atoms with Crippen molar-refractivity contribution in [2.75, 3.05) is 33.0 Å². The second-order valence-electron chi connectivity index (χ2n) is 3.60. The maximum absolute atomic E-state index is 11.7. The molecule has 3 unspecified atom stereocenters. The van der Waals surface area contributed by atoms with Gasteiger partial charge in [0.2, 0.25) is 0 Å². The second-order valence-corrected chi connectivity index (χ2v) is 4.78. The van der Waals surface area contributed by atoms with Gasteiger partial charge >= 0.3 is 0 Å². The van der Waals surface area contributed by atoms with Crippen LogP contribution in [0.4, 0.5) is 0 Å². The number of amides is 1. The number of rotatable bonds is 2. The molecule has 2 fully saturated rings. The van der Waals surface area contributed by atoms with E-state index in [2.05, 4.69) is 21.2 Å². The third-order valence-electron chi connectivity index (χ3n) is 2.45. The maximum Gasteiger partial charge on any atom is 0.251 e. The quantitative estimate of drug-likeness (QED) is 0.704. The van der Waals surface area contributed by atoms with Crippen LogP contribution in [0.25, 0.3) is 0 Å². The molecule has 5 nitrogen and oxygen atoms in total. The lowest BCUT2D eigenvalue weighted by Crippen LogP contribution is -2.49.